The van der Waals surface area contributed by atoms with Gasteiger partial charge >= 0.3 is 5.97 Å². The standard InChI is InChI=1S/C42H78N2O14/c1-15-29-42(10,49)37-24(4)32(43-30(56-37)21-52-17-16-50-13)22(2)19-40(8,48)36(58-39-33(45)28(44(11)12)18-23(3)53-39)25(5)34(26(6)38(47)55-29)57-31-20-41(9,51-14)35(46)27(7)54-31/h22-37,39,43,45-46,48-49H,15-21H2,1-14H3/t22-,23-,24+,25-,26-,27+,28+,29+,30+,31+,32+,33-,34-,35+,36-,37?,39+,40+,41-,42-/m1/s1. The molecule has 20 atom stereocenters. The lowest BCUT2D eigenvalue weighted by Crippen LogP contribution is -2.67. The fraction of sp³-hybridized carbons (Fsp3) is 0.976. The highest BCUT2D eigenvalue weighted by Gasteiger charge is 2.55. The third-order valence-electron chi connectivity index (χ3n) is 13.5. The van der Waals surface area contributed by atoms with Crippen LogP contribution in [0.5, 0.6) is 0 Å². The molecule has 1 unspecified atom stereocenters. The molecule has 0 aromatic rings. The number of cyclic esters (lactones) is 1. The number of aliphatic hydroxyl groups is 4. The summed E-state index contributed by atoms with van der Waals surface area (Å²) in [4.78, 5) is 16.4. The third kappa shape index (κ3) is 11.1. The summed E-state index contributed by atoms with van der Waals surface area (Å²) in [6, 6.07) is -0.593. The number of ether oxygens (including phenoxy) is 9. The molecule has 16 nitrogen and oxygen atoms in total. The Kier molecular flexibility index (Phi) is 17.4. The fourth-order valence-corrected chi connectivity index (χ4v) is 10.0. The first-order valence-corrected chi connectivity index (χ1v) is 21.4. The highest BCUT2D eigenvalue weighted by Crippen LogP contribution is 2.43. The number of nitrogens with one attached hydrogen (secondary N) is 1. The summed E-state index contributed by atoms with van der Waals surface area (Å²) >= 11 is 0. The van der Waals surface area contributed by atoms with Crippen LogP contribution in [0.4, 0.5) is 0 Å². The van der Waals surface area contributed by atoms with Gasteiger partial charge in [-0.15, -0.1) is 0 Å². The van der Waals surface area contributed by atoms with Gasteiger partial charge in [-0.1, -0.05) is 27.7 Å². The molecule has 4 fully saturated rings. The van der Waals surface area contributed by atoms with Gasteiger partial charge < -0.3 is 68.0 Å². The van der Waals surface area contributed by atoms with Gasteiger partial charge in [0.15, 0.2) is 12.6 Å². The Labute approximate surface area is 346 Å². The normalized spacial score (nSPS) is 48.7. The van der Waals surface area contributed by atoms with E-state index >= 15 is 0 Å². The Morgan fingerprint density at radius 2 is 1.59 bits per heavy atom. The van der Waals surface area contributed by atoms with Crippen molar-refractivity contribution >= 4 is 5.97 Å². The summed E-state index contributed by atoms with van der Waals surface area (Å²) in [5.74, 6) is -2.95. The van der Waals surface area contributed by atoms with Crippen molar-refractivity contribution in [1.82, 2.24) is 10.2 Å². The minimum atomic E-state index is -1.64. The van der Waals surface area contributed by atoms with E-state index in [1.165, 1.54) is 7.11 Å². The zero-order chi connectivity index (χ0) is 43.5. The number of hydrogen-bond donors (Lipinski definition) is 5. The van der Waals surface area contributed by atoms with E-state index in [0.29, 0.717) is 19.6 Å². The van der Waals surface area contributed by atoms with Crippen molar-refractivity contribution in [2.24, 2.45) is 23.7 Å². The molecule has 4 heterocycles. The van der Waals surface area contributed by atoms with Crippen LogP contribution < -0.4 is 5.32 Å². The summed E-state index contributed by atoms with van der Waals surface area (Å²) in [5, 5.41) is 51.5. The first-order valence-electron chi connectivity index (χ1n) is 21.4. The molecule has 16 heteroatoms. The molecule has 0 aromatic carbocycles. The Bertz CT molecular complexity index is 1290. The molecule has 4 saturated heterocycles. The second-order valence-electron chi connectivity index (χ2n) is 18.6. The van der Waals surface area contributed by atoms with E-state index in [2.05, 4.69) is 5.32 Å². The highest BCUT2D eigenvalue weighted by molar-refractivity contribution is 5.73. The lowest BCUT2D eigenvalue weighted by Gasteiger charge is -2.52. The Balaban J connectivity index is 1.83. The molecule has 0 amide bonds. The number of carbonyl (C=O) groups excluding carboxylic acids is 1. The van der Waals surface area contributed by atoms with E-state index < -0.39 is 96.1 Å². The number of nitrogens with zero attached hydrogens (tertiary/aromatic N) is 1. The number of aliphatic hydroxyl groups excluding tert-OH is 2. The van der Waals surface area contributed by atoms with Crippen LogP contribution in [-0.4, -0.2) is 176 Å². The van der Waals surface area contributed by atoms with Crippen LogP contribution in [0.3, 0.4) is 0 Å². The molecule has 0 aliphatic carbocycles. The molecule has 5 N–H and O–H groups in total. The number of fused-ring (bicyclic) bond motifs is 2. The van der Waals surface area contributed by atoms with Crippen LogP contribution >= 0.6 is 0 Å². The highest BCUT2D eigenvalue weighted by atomic mass is 16.7. The topological polar surface area (TPSA) is 196 Å². The summed E-state index contributed by atoms with van der Waals surface area (Å²) in [5.41, 5.74) is -4.27. The molecule has 0 radical (unpaired) electrons. The van der Waals surface area contributed by atoms with E-state index in [-0.39, 0.29) is 55.9 Å². The van der Waals surface area contributed by atoms with Crippen LogP contribution in [0.25, 0.3) is 0 Å². The van der Waals surface area contributed by atoms with E-state index in [0.717, 1.165) is 0 Å². The lowest BCUT2D eigenvalue weighted by molar-refractivity contribution is -0.318. The molecule has 4 aliphatic rings. The van der Waals surface area contributed by atoms with E-state index in [4.69, 9.17) is 42.6 Å². The molecule has 340 valence electrons. The third-order valence-corrected chi connectivity index (χ3v) is 13.5. The van der Waals surface area contributed by atoms with Gasteiger partial charge in [-0.2, -0.15) is 0 Å². The van der Waals surface area contributed by atoms with Crippen molar-refractivity contribution in [1.29, 1.82) is 0 Å². The molecule has 0 aromatic heterocycles. The van der Waals surface area contributed by atoms with Gasteiger partial charge in [0.05, 0.1) is 67.5 Å². The first kappa shape index (κ1) is 49.6. The van der Waals surface area contributed by atoms with Gasteiger partial charge in [0.1, 0.15) is 30.1 Å². The van der Waals surface area contributed by atoms with Crippen LogP contribution in [0.1, 0.15) is 94.9 Å². The van der Waals surface area contributed by atoms with Crippen LogP contribution in [0.2, 0.25) is 0 Å². The zero-order valence-corrected chi connectivity index (χ0v) is 37.6. The average Bonchev–Trinajstić information content (AvgIpc) is 3.15. The second-order valence-corrected chi connectivity index (χ2v) is 18.6. The zero-order valence-electron chi connectivity index (χ0n) is 37.6. The van der Waals surface area contributed by atoms with Crippen molar-refractivity contribution < 1.29 is 67.9 Å². The van der Waals surface area contributed by atoms with Gasteiger partial charge in [-0.25, -0.2) is 0 Å². The number of likely N-dealkylation sites (N-methyl/N-ethyl adjacent to an activating group) is 1. The Morgan fingerprint density at radius 3 is 2.19 bits per heavy atom. The van der Waals surface area contributed by atoms with Gasteiger partial charge in [-0.3, -0.25) is 10.1 Å². The van der Waals surface area contributed by atoms with Gasteiger partial charge in [0, 0.05) is 44.6 Å². The summed E-state index contributed by atoms with van der Waals surface area (Å²) in [7, 11) is 6.90. The van der Waals surface area contributed by atoms with E-state index in [1.807, 2.05) is 53.6 Å². The minimum Gasteiger partial charge on any atom is -0.459 e. The second kappa shape index (κ2) is 20.4. The monoisotopic (exact) mass is 835 g/mol. The predicted octanol–water partition coefficient (Wildman–Crippen LogP) is 2.20. The van der Waals surface area contributed by atoms with Gasteiger partial charge in [-0.05, 0) is 80.8 Å². The molecule has 4 aliphatic heterocycles. The number of hydrogen-bond acceptors (Lipinski definition) is 16. The SMILES string of the molecule is CC[C@@H]1OC(=O)[C@H](C)[C@H](O[C@H]2C[C@@](C)(OC)[C@@H](O)[C@H](C)O2)[C@@H](C)[C@@H](O[C@@H]2O[C@H](C)C[C@H](N(C)C)[C@H]2O)[C@@](C)(O)C[C@@H](C)[C@@H]2N[C@H](COCCOC)OC([C@H]2C)[C@]1(C)O. The van der Waals surface area contributed by atoms with Crippen molar-refractivity contribution in [2.45, 2.75) is 191 Å². The Hall–Kier alpha value is -1.09. The smallest absolute Gasteiger partial charge is 0.311 e. The first-order chi connectivity index (χ1) is 27.0. The molecule has 4 rings (SSSR count). The van der Waals surface area contributed by atoms with Crippen LogP contribution in [-0.2, 0) is 47.4 Å². The maximum atomic E-state index is 14.5. The summed E-state index contributed by atoms with van der Waals surface area (Å²) in [6.07, 6.45) is -8.29. The van der Waals surface area contributed by atoms with Gasteiger partial charge in [0.25, 0.3) is 0 Å². The molecule has 2 bridgehead atoms. The maximum Gasteiger partial charge on any atom is 0.311 e. The minimum absolute atomic E-state index is 0.137. The summed E-state index contributed by atoms with van der Waals surface area (Å²) in [6.45, 7) is 19.1. The molecular formula is C42H78N2O14. The maximum absolute atomic E-state index is 14.5. The molecule has 0 spiro atoms. The fourth-order valence-electron chi connectivity index (χ4n) is 10.0. The van der Waals surface area contributed by atoms with Crippen LogP contribution in [0, 0.1) is 23.7 Å². The Morgan fingerprint density at radius 1 is 0.914 bits per heavy atom. The number of carbonyl (C=O) groups is 1. The number of methoxy groups -OCH3 is 2. The quantitative estimate of drug-likeness (QED) is 0.142. The van der Waals surface area contributed by atoms with Crippen molar-refractivity contribution in [3.05, 3.63) is 0 Å². The predicted molar refractivity (Wildman–Crippen MR) is 214 cm³/mol. The van der Waals surface area contributed by atoms with Gasteiger partial charge in [0.2, 0.25) is 0 Å². The molecular weight excluding hydrogens is 756 g/mol. The number of rotatable bonds is 12. The van der Waals surface area contributed by atoms with Crippen molar-refractivity contribution in [2.75, 3.05) is 48.1 Å². The molecule has 0 saturated carbocycles. The van der Waals surface area contributed by atoms with E-state index in [9.17, 15) is 25.2 Å². The largest absolute Gasteiger partial charge is 0.459 e. The summed E-state index contributed by atoms with van der Waals surface area (Å²) < 4.78 is 55.7. The van der Waals surface area contributed by atoms with Crippen molar-refractivity contribution in [3.8, 4) is 0 Å². The van der Waals surface area contributed by atoms with Crippen LogP contribution in [0.15, 0.2) is 0 Å². The average molecular weight is 835 g/mol. The molecule has 58 heavy (non-hydrogen) atoms. The number of esters is 1. The van der Waals surface area contributed by atoms with Crippen molar-refractivity contribution in [3.63, 3.8) is 0 Å². The lowest BCUT2D eigenvalue weighted by atomic mass is 9.71. The van der Waals surface area contributed by atoms with E-state index in [1.54, 1.807) is 41.7 Å².